The molecule has 0 radical (unpaired) electrons. The van der Waals surface area contributed by atoms with Crippen molar-refractivity contribution < 1.29 is 9.53 Å². The Morgan fingerprint density at radius 3 is 2.93 bits per heavy atom. The van der Waals surface area contributed by atoms with Crippen molar-refractivity contribution in [3.63, 3.8) is 0 Å². The fourth-order valence-electron chi connectivity index (χ4n) is 2.71. The SMILES string of the molecule is COc1cccc(CC(C)NC(=O)CSc2nnc(-c3cccs3)n2C)c1. The van der Waals surface area contributed by atoms with Gasteiger partial charge in [-0.05, 0) is 42.5 Å². The summed E-state index contributed by atoms with van der Waals surface area (Å²) in [5.74, 6) is 1.93. The number of ether oxygens (including phenoxy) is 1. The van der Waals surface area contributed by atoms with Crippen LogP contribution < -0.4 is 10.1 Å². The number of nitrogens with one attached hydrogen (secondary N) is 1. The minimum Gasteiger partial charge on any atom is -0.497 e. The summed E-state index contributed by atoms with van der Waals surface area (Å²) in [7, 11) is 3.57. The number of benzene rings is 1. The van der Waals surface area contributed by atoms with Crippen molar-refractivity contribution in [3.8, 4) is 16.5 Å². The molecule has 142 valence electrons. The van der Waals surface area contributed by atoms with Crippen LogP contribution in [0.15, 0.2) is 46.9 Å². The molecule has 1 atom stereocenters. The zero-order chi connectivity index (χ0) is 19.2. The van der Waals surface area contributed by atoms with E-state index in [2.05, 4.69) is 15.5 Å². The Balaban J connectivity index is 1.51. The van der Waals surface area contributed by atoms with E-state index in [1.807, 2.05) is 60.3 Å². The van der Waals surface area contributed by atoms with Gasteiger partial charge in [-0.25, -0.2) is 0 Å². The largest absolute Gasteiger partial charge is 0.497 e. The molecule has 0 bridgehead atoms. The molecule has 27 heavy (non-hydrogen) atoms. The minimum atomic E-state index is -0.0175. The molecular formula is C19H22N4O2S2. The Bertz CT molecular complexity index is 893. The van der Waals surface area contributed by atoms with Crippen molar-refractivity contribution in [2.45, 2.75) is 24.5 Å². The molecule has 8 heteroatoms. The molecule has 1 N–H and O–H groups in total. The first-order valence-corrected chi connectivity index (χ1v) is 10.4. The van der Waals surface area contributed by atoms with Crippen LogP contribution in [0.4, 0.5) is 0 Å². The average molecular weight is 403 g/mol. The quantitative estimate of drug-likeness (QED) is 0.585. The molecule has 0 saturated heterocycles. The van der Waals surface area contributed by atoms with Crippen molar-refractivity contribution in [1.82, 2.24) is 20.1 Å². The van der Waals surface area contributed by atoms with Gasteiger partial charge < -0.3 is 14.6 Å². The van der Waals surface area contributed by atoms with Crippen molar-refractivity contribution in [1.29, 1.82) is 0 Å². The number of hydrogen-bond donors (Lipinski definition) is 1. The van der Waals surface area contributed by atoms with Crippen molar-refractivity contribution in [3.05, 3.63) is 47.3 Å². The van der Waals surface area contributed by atoms with Crippen LogP contribution >= 0.6 is 23.1 Å². The molecule has 0 aliphatic carbocycles. The second kappa shape index (κ2) is 9.05. The third-order valence-corrected chi connectivity index (χ3v) is 5.88. The number of aromatic nitrogens is 3. The van der Waals surface area contributed by atoms with Crippen molar-refractivity contribution in [2.24, 2.45) is 7.05 Å². The van der Waals surface area contributed by atoms with Crippen LogP contribution in [0.5, 0.6) is 5.75 Å². The van der Waals surface area contributed by atoms with Gasteiger partial charge in [0.1, 0.15) is 5.75 Å². The van der Waals surface area contributed by atoms with E-state index >= 15 is 0 Å². The van der Waals surface area contributed by atoms with Crippen LogP contribution in [0.25, 0.3) is 10.7 Å². The monoisotopic (exact) mass is 402 g/mol. The normalized spacial score (nSPS) is 12.0. The molecule has 0 spiro atoms. The highest BCUT2D eigenvalue weighted by molar-refractivity contribution is 7.99. The lowest BCUT2D eigenvalue weighted by Crippen LogP contribution is -2.35. The Morgan fingerprint density at radius 1 is 1.33 bits per heavy atom. The summed E-state index contributed by atoms with van der Waals surface area (Å²) in [6.07, 6.45) is 0.750. The van der Waals surface area contributed by atoms with E-state index in [1.54, 1.807) is 18.4 Å². The molecule has 1 aromatic carbocycles. The lowest BCUT2D eigenvalue weighted by molar-refractivity contribution is -0.119. The van der Waals surface area contributed by atoms with Crippen LogP contribution in [0, 0.1) is 0 Å². The van der Waals surface area contributed by atoms with Gasteiger partial charge in [-0.15, -0.1) is 21.5 Å². The molecule has 1 amide bonds. The highest BCUT2D eigenvalue weighted by atomic mass is 32.2. The first-order chi connectivity index (χ1) is 13.1. The predicted molar refractivity (Wildman–Crippen MR) is 109 cm³/mol. The summed E-state index contributed by atoms with van der Waals surface area (Å²) >= 11 is 3.01. The fourth-order valence-corrected chi connectivity index (χ4v) is 4.18. The van der Waals surface area contributed by atoms with E-state index in [9.17, 15) is 4.79 Å². The van der Waals surface area contributed by atoms with Gasteiger partial charge in [-0.2, -0.15) is 0 Å². The summed E-state index contributed by atoms with van der Waals surface area (Å²) < 4.78 is 7.16. The number of carbonyl (C=O) groups is 1. The molecule has 1 unspecified atom stereocenters. The average Bonchev–Trinajstić information content (AvgIpc) is 3.29. The van der Waals surface area contributed by atoms with Crippen LogP contribution in [-0.2, 0) is 18.3 Å². The number of amides is 1. The van der Waals surface area contributed by atoms with Gasteiger partial charge in [0.05, 0.1) is 17.7 Å². The molecule has 0 saturated carbocycles. The fraction of sp³-hybridized carbons (Fsp3) is 0.316. The number of nitrogens with zero attached hydrogens (tertiary/aromatic N) is 3. The summed E-state index contributed by atoms with van der Waals surface area (Å²) in [5.41, 5.74) is 1.13. The molecule has 6 nitrogen and oxygen atoms in total. The maximum absolute atomic E-state index is 12.3. The number of thiophene rings is 1. The first kappa shape index (κ1) is 19.4. The van der Waals surface area contributed by atoms with Crippen LogP contribution in [0.3, 0.4) is 0 Å². The van der Waals surface area contributed by atoms with Gasteiger partial charge in [0, 0.05) is 13.1 Å². The number of carbonyl (C=O) groups excluding carboxylic acids is 1. The standard InChI is InChI=1S/C19H22N4O2S2/c1-13(10-14-6-4-7-15(11-14)25-3)20-17(24)12-27-19-22-21-18(23(19)2)16-8-5-9-26-16/h4-9,11,13H,10,12H2,1-3H3,(H,20,24). The van der Waals surface area contributed by atoms with Crippen molar-refractivity contribution >= 4 is 29.0 Å². The second-order valence-electron chi connectivity index (χ2n) is 6.16. The smallest absolute Gasteiger partial charge is 0.230 e. The number of rotatable bonds is 8. The van der Waals surface area contributed by atoms with Crippen molar-refractivity contribution in [2.75, 3.05) is 12.9 Å². The van der Waals surface area contributed by atoms with E-state index in [1.165, 1.54) is 11.8 Å². The minimum absolute atomic E-state index is 0.0175. The van der Waals surface area contributed by atoms with Gasteiger partial charge in [0.15, 0.2) is 11.0 Å². The lowest BCUT2D eigenvalue weighted by atomic mass is 10.1. The molecule has 0 aliphatic heterocycles. The lowest BCUT2D eigenvalue weighted by Gasteiger charge is -2.14. The molecule has 0 aliphatic rings. The van der Waals surface area contributed by atoms with Gasteiger partial charge in [-0.3, -0.25) is 4.79 Å². The molecule has 3 aromatic rings. The van der Waals surface area contributed by atoms with E-state index in [-0.39, 0.29) is 11.9 Å². The predicted octanol–water partition coefficient (Wildman–Crippen LogP) is 3.39. The molecule has 3 rings (SSSR count). The summed E-state index contributed by atoms with van der Waals surface area (Å²) in [4.78, 5) is 13.3. The maximum atomic E-state index is 12.3. The number of hydrogen-bond acceptors (Lipinski definition) is 6. The maximum Gasteiger partial charge on any atom is 0.230 e. The highest BCUT2D eigenvalue weighted by Crippen LogP contribution is 2.25. The van der Waals surface area contributed by atoms with E-state index in [4.69, 9.17) is 4.74 Å². The van der Waals surface area contributed by atoms with Gasteiger partial charge in [0.25, 0.3) is 0 Å². The van der Waals surface area contributed by atoms with Gasteiger partial charge in [0.2, 0.25) is 5.91 Å². The van der Waals surface area contributed by atoms with E-state index in [0.29, 0.717) is 5.75 Å². The summed E-state index contributed by atoms with van der Waals surface area (Å²) in [5, 5.41) is 14.2. The second-order valence-corrected chi connectivity index (χ2v) is 8.05. The number of thioether (sulfide) groups is 1. The Hall–Kier alpha value is -2.32. The Morgan fingerprint density at radius 2 is 2.19 bits per heavy atom. The third-order valence-electron chi connectivity index (χ3n) is 3.99. The first-order valence-electron chi connectivity index (χ1n) is 8.55. The molecule has 2 heterocycles. The molecule has 2 aromatic heterocycles. The van der Waals surface area contributed by atoms with E-state index < -0.39 is 0 Å². The van der Waals surface area contributed by atoms with Crippen LogP contribution in [0.2, 0.25) is 0 Å². The summed E-state index contributed by atoms with van der Waals surface area (Å²) in [6.45, 7) is 2.00. The van der Waals surface area contributed by atoms with Gasteiger partial charge >= 0.3 is 0 Å². The zero-order valence-electron chi connectivity index (χ0n) is 15.5. The van der Waals surface area contributed by atoms with Crippen LogP contribution in [0.1, 0.15) is 12.5 Å². The summed E-state index contributed by atoms with van der Waals surface area (Å²) in [6, 6.07) is 11.9. The Kier molecular flexibility index (Phi) is 6.52. The van der Waals surface area contributed by atoms with E-state index in [0.717, 1.165) is 33.6 Å². The van der Waals surface area contributed by atoms with Gasteiger partial charge in [-0.1, -0.05) is 30.0 Å². The van der Waals surface area contributed by atoms with Crippen LogP contribution in [-0.4, -0.2) is 39.6 Å². The molecule has 0 fully saturated rings. The highest BCUT2D eigenvalue weighted by Gasteiger charge is 2.14. The third kappa shape index (κ3) is 5.11. The molecular weight excluding hydrogens is 380 g/mol. The zero-order valence-corrected chi connectivity index (χ0v) is 17.1. The Labute approximate surface area is 167 Å². The number of methoxy groups -OCH3 is 1. The topological polar surface area (TPSA) is 69.0 Å².